The Bertz CT molecular complexity index is 856. The molecule has 0 amide bonds. The lowest BCUT2D eigenvalue weighted by atomic mass is 9.85. The molecule has 0 spiro atoms. The molecule has 3 nitrogen and oxygen atoms in total. The number of ketones is 1. The van der Waals surface area contributed by atoms with E-state index < -0.39 is 0 Å². The van der Waals surface area contributed by atoms with Gasteiger partial charge in [0.1, 0.15) is 0 Å². The van der Waals surface area contributed by atoms with Crippen LogP contribution in [-0.2, 0) is 11.3 Å². The smallest absolute Gasteiger partial charge is 0.155 e. The summed E-state index contributed by atoms with van der Waals surface area (Å²) >= 11 is 0. The minimum absolute atomic E-state index is 0.0931. The number of Topliss-reactive ketones (excluding diaryl/α,β-unsaturated/α-hetero) is 1. The van der Waals surface area contributed by atoms with Crippen LogP contribution in [0.15, 0.2) is 46.5 Å². The number of hydrogen-bond acceptors (Lipinski definition) is 3. The number of aliphatic imine (C=N–C) groups is 1. The summed E-state index contributed by atoms with van der Waals surface area (Å²) < 4.78 is 0. The zero-order chi connectivity index (χ0) is 23.7. The van der Waals surface area contributed by atoms with Crippen LogP contribution in [0.1, 0.15) is 91.2 Å². The van der Waals surface area contributed by atoms with Crippen LogP contribution in [0, 0.1) is 18.8 Å². The Labute approximate surface area is 196 Å². The van der Waals surface area contributed by atoms with Crippen LogP contribution >= 0.6 is 0 Å². The number of rotatable bonds is 11. The van der Waals surface area contributed by atoms with Crippen molar-refractivity contribution in [2.24, 2.45) is 16.8 Å². The van der Waals surface area contributed by atoms with Crippen LogP contribution in [-0.4, -0.2) is 17.5 Å². The molecule has 1 aliphatic rings. The first-order chi connectivity index (χ1) is 15.3. The summed E-state index contributed by atoms with van der Waals surface area (Å²) in [7, 11) is 0. The van der Waals surface area contributed by atoms with Crippen molar-refractivity contribution in [2.45, 2.75) is 99.6 Å². The van der Waals surface area contributed by atoms with Crippen molar-refractivity contribution in [3.63, 3.8) is 0 Å². The maximum absolute atomic E-state index is 11.6. The molecule has 2 unspecified atom stereocenters. The standard InChI is InChI=1S/C29H44N2O/c1-8-12-21(4)29(27-13-10-11-14-27)30-19-25-16-15-20(3)28(18-25)31-23(6)26(9-2)17-22(5)24(7)32/h9,15-18,21,27,29-30H,8,10-14,19H2,1-7H3/b22-17-,26-9+,31-23+. The van der Waals surface area contributed by atoms with E-state index in [9.17, 15) is 4.79 Å². The molecule has 0 bridgehead atoms. The number of carbonyl (C=O) groups excluding carboxylic acids is 1. The van der Waals surface area contributed by atoms with Crippen molar-refractivity contribution in [1.29, 1.82) is 0 Å². The van der Waals surface area contributed by atoms with Gasteiger partial charge >= 0.3 is 0 Å². The number of nitrogens with one attached hydrogen (secondary N) is 1. The fourth-order valence-electron chi connectivity index (χ4n) is 4.88. The van der Waals surface area contributed by atoms with Crippen molar-refractivity contribution < 1.29 is 4.79 Å². The number of benzene rings is 1. The second-order valence-corrected chi connectivity index (χ2v) is 9.66. The lowest BCUT2D eigenvalue weighted by Crippen LogP contribution is -2.40. The highest BCUT2D eigenvalue weighted by atomic mass is 16.1. The maximum atomic E-state index is 11.6. The molecule has 1 fully saturated rings. The molecule has 32 heavy (non-hydrogen) atoms. The summed E-state index contributed by atoms with van der Waals surface area (Å²) in [4.78, 5) is 16.6. The highest BCUT2D eigenvalue weighted by molar-refractivity contribution is 6.04. The Morgan fingerprint density at radius 1 is 1.22 bits per heavy atom. The van der Waals surface area contributed by atoms with E-state index in [1.165, 1.54) is 49.7 Å². The van der Waals surface area contributed by atoms with E-state index in [-0.39, 0.29) is 5.78 Å². The Hall–Kier alpha value is -2.00. The van der Waals surface area contributed by atoms with Crippen LogP contribution < -0.4 is 5.32 Å². The number of aryl methyl sites for hydroxylation is 1. The summed E-state index contributed by atoms with van der Waals surface area (Å²) in [6.45, 7) is 15.2. The van der Waals surface area contributed by atoms with Gasteiger partial charge in [-0.3, -0.25) is 9.79 Å². The zero-order valence-corrected chi connectivity index (χ0v) is 21.4. The number of nitrogens with zero attached hydrogens (tertiary/aromatic N) is 1. The molecule has 176 valence electrons. The molecule has 0 radical (unpaired) electrons. The monoisotopic (exact) mass is 436 g/mol. The van der Waals surface area contributed by atoms with Gasteiger partial charge in [0.15, 0.2) is 5.78 Å². The van der Waals surface area contributed by atoms with E-state index in [2.05, 4.69) is 44.3 Å². The summed E-state index contributed by atoms with van der Waals surface area (Å²) in [5, 5.41) is 3.93. The summed E-state index contributed by atoms with van der Waals surface area (Å²) in [5.41, 5.74) is 6.14. The van der Waals surface area contributed by atoms with E-state index >= 15 is 0 Å². The van der Waals surface area contributed by atoms with Crippen LogP contribution in [0.5, 0.6) is 0 Å². The second kappa shape index (κ2) is 12.9. The third kappa shape index (κ3) is 7.55. The predicted octanol–water partition coefficient (Wildman–Crippen LogP) is 7.65. The molecular formula is C29H44N2O. The largest absolute Gasteiger partial charge is 0.309 e. The molecule has 0 aliphatic heterocycles. The van der Waals surface area contributed by atoms with E-state index in [1.54, 1.807) is 6.92 Å². The van der Waals surface area contributed by atoms with E-state index in [1.807, 2.05) is 32.9 Å². The van der Waals surface area contributed by atoms with Gasteiger partial charge in [0.25, 0.3) is 0 Å². The van der Waals surface area contributed by atoms with Gasteiger partial charge in [-0.25, -0.2) is 0 Å². The molecule has 1 saturated carbocycles. The third-order valence-electron chi connectivity index (χ3n) is 7.02. The highest BCUT2D eigenvalue weighted by Gasteiger charge is 2.28. The molecule has 1 N–H and O–H groups in total. The molecule has 0 aromatic heterocycles. The predicted molar refractivity (Wildman–Crippen MR) is 139 cm³/mol. The van der Waals surface area contributed by atoms with Crippen molar-refractivity contribution >= 4 is 17.2 Å². The molecule has 2 atom stereocenters. The molecular weight excluding hydrogens is 392 g/mol. The molecule has 0 heterocycles. The van der Waals surface area contributed by atoms with Gasteiger partial charge in [-0.1, -0.05) is 51.3 Å². The topological polar surface area (TPSA) is 41.5 Å². The zero-order valence-electron chi connectivity index (χ0n) is 21.4. The number of hydrogen-bond donors (Lipinski definition) is 1. The third-order valence-corrected chi connectivity index (χ3v) is 7.02. The Kier molecular flexibility index (Phi) is 10.6. The summed E-state index contributed by atoms with van der Waals surface area (Å²) in [6, 6.07) is 7.22. The lowest BCUT2D eigenvalue weighted by molar-refractivity contribution is -0.113. The van der Waals surface area contributed by atoms with Crippen molar-refractivity contribution in [3.8, 4) is 0 Å². The first-order valence-electron chi connectivity index (χ1n) is 12.5. The Morgan fingerprint density at radius 2 is 1.91 bits per heavy atom. The Balaban J connectivity index is 2.19. The highest BCUT2D eigenvalue weighted by Crippen LogP contribution is 2.32. The maximum Gasteiger partial charge on any atom is 0.155 e. The normalized spacial score (nSPS) is 18.2. The van der Waals surface area contributed by atoms with E-state index in [0.717, 1.165) is 35.0 Å². The quantitative estimate of drug-likeness (QED) is 0.220. The van der Waals surface area contributed by atoms with Crippen molar-refractivity contribution in [1.82, 2.24) is 5.32 Å². The molecule has 3 heteroatoms. The second-order valence-electron chi connectivity index (χ2n) is 9.66. The van der Waals surface area contributed by atoms with E-state index in [4.69, 9.17) is 4.99 Å². The molecule has 1 aliphatic carbocycles. The van der Waals surface area contributed by atoms with Gasteiger partial charge in [-0.15, -0.1) is 0 Å². The van der Waals surface area contributed by atoms with Gasteiger partial charge < -0.3 is 5.32 Å². The van der Waals surface area contributed by atoms with Gasteiger partial charge in [-0.05, 0) is 100 Å². The fourth-order valence-corrected chi connectivity index (χ4v) is 4.88. The van der Waals surface area contributed by atoms with Crippen LogP contribution in [0.3, 0.4) is 0 Å². The van der Waals surface area contributed by atoms with Gasteiger partial charge in [-0.2, -0.15) is 0 Å². The average molecular weight is 437 g/mol. The minimum Gasteiger partial charge on any atom is -0.309 e. The molecule has 0 saturated heterocycles. The van der Waals surface area contributed by atoms with Gasteiger partial charge in [0, 0.05) is 18.3 Å². The van der Waals surface area contributed by atoms with Crippen LogP contribution in [0.25, 0.3) is 0 Å². The first kappa shape index (κ1) is 26.3. The fraction of sp³-hybridized carbons (Fsp3) is 0.586. The minimum atomic E-state index is 0.0931. The Morgan fingerprint density at radius 3 is 2.50 bits per heavy atom. The number of allylic oxidation sites excluding steroid dienone is 4. The van der Waals surface area contributed by atoms with Gasteiger partial charge in [0.2, 0.25) is 0 Å². The van der Waals surface area contributed by atoms with Crippen LogP contribution in [0.2, 0.25) is 0 Å². The molecule has 1 aromatic carbocycles. The number of carbonyl (C=O) groups is 1. The van der Waals surface area contributed by atoms with Crippen LogP contribution in [0.4, 0.5) is 5.69 Å². The van der Waals surface area contributed by atoms with Crippen molar-refractivity contribution in [3.05, 3.63) is 52.6 Å². The SMILES string of the molecule is C/C=C(\C=C(\C)C(C)=O)C(/C)=N/c1cc(CNC(C(C)CCC)C2CCCC2)ccc1C. The molecule has 1 aromatic rings. The van der Waals surface area contributed by atoms with E-state index in [0.29, 0.717) is 12.0 Å². The first-order valence-corrected chi connectivity index (χ1v) is 12.5. The average Bonchev–Trinajstić information content (AvgIpc) is 3.28. The van der Waals surface area contributed by atoms with Crippen molar-refractivity contribution in [2.75, 3.05) is 0 Å². The van der Waals surface area contributed by atoms with Gasteiger partial charge in [0.05, 0.1) is 5.69 Å². The molecule has 2 rings (SSSR count). The summed E-state index contributed by atoms with van der Waals surface area (Å²) in [5.74, 6) is 1.62. The summed E-state index contributed by atoms with van der Waals surface area (Å²) in [6.07, 6.45) is 12.0. The lowest BCUT2D eigenvalue weighted by Gasteiger charge is -2.30.